The molecule has 0 spiro atoms. The molecule has 1 nitrogen and oxygen atoms in total. The number of rotatable bonds is 5. The molecule has 0 aromatic rings. The number of hydrogen-bond acceptors (Lipinski definition) is 1. The predicted molar refractivity (Wildman–Crippen MR) is 68.2 cm³/mol. The van der Waals surface area contributed by atoms with Gasteiger partial charge in [-0.05, 0) is 45.3 Å². The van der Waals surface area contributed by atoms with E-state index in [4.69, 9.17) is 10.8 Å². The maximum Gasteiger partial charge on any atom is 0.184 e. The average molecular weight is 222 g/mol. The second kappa shape index (κ2) is 4.55. The van der Waals surface area contributed by atoms with Gasteiger partial charge in [-0.2, -0.15) is 0 Å². The third-order valence-corrected chi connectivity index (χ3v) is 3.41. The van der Waals surface area contributed by atoms with Crippen LogP contribution in [0.25, 0.3) is 0 Å². The Hall–Kier alpha value is -0.523. The molecular formula is C13H22OSi. The van der Waals surface area contributed by atoms with Crippen LogP contribution < -0.4 is 0 Å². The lowest BCUT2D eigenvalue weighted by atomic mass is 10.0. The lowest BCUT2D eigenvalue weighted by Crippen LogP contribution is -2.39. The molecule has 0 saturated heterocycles. The molecule has 0 N–H and O–H groups in total. The first-order chi connectivity index (χ1) is 6.85. The molecule has 0 radical (unpaired) electrons. The van der Waals surface area contributed by atoms with Crippen LogP contribution in [-0.4, -0.2) is 13.9 Å². The molecule has 1 rings (SSSR count). The second-order valence-electron chi connectivity index (χ2n) is 5.60. The first-order valence-corrected chi connectivity index (χ1v) is 9.08. The molecule has 0 heterocycles. The van der Waals surface area contributed by atoms with E-state index in [1.54, 1.807) is 0 Å². The zero-order chi connectivity index (χ0) is 11.5. The van der Waals surface area contributed by atoms with Gasteiger partial charge in [-0.3, -0.25) is 0 Å². The molecule has 0 aromatic heterocycles. The molecule has 1 atom stereocenters. The molecular weight excluding hydrogens is 200 g/mol. The van der Waals surface area contributed by atoms with Crippen molar-refractivity contribution in [1.29, 1.82) is 0 Å². The summed E-state index contributed by atoms with van der Waals surface area (Å²) < 4.78 is 6.15. The van der Waals surface area contributed by atoms with Crippen LogP contribution in [0.2, 0.25) is 19.6 Å². The van der Waals surface area contributed by atoms with Crippen LogP contribution in [0.4, 0.5) is 0 Å². The van der Waals surface area contributed by atoms with Gasteiger partial charge in [0.1, 0.15) is 0 Å². The minimum atomic E-state index is -1.53. The largest absolute Gasteiger partial charge is 0.408 e. The quantitative estimate of drug-likeness (QED) is 0.392. The summed E-state index contributed by atoms with van der Waals surface area (Å²) in [6.45, 7) is 8.70. The van der Waals surface area contributed by atoms with Crippen LogP contribution in [0, 0.1) is 18.3 Å². The maximum atomic E-state index is 6.15. The van der Waals surface area contributed by atoms with E-state index in [-0.39, 0.29) is 5.60 Å². The zero-order valence-electron chi connectivity index (χ0n) is 10.3. The predicted octanol–water partition coefficient (Wildman–Crippen LogP) is 3.59. The Kier molecular flexibility index (Phi) is 3.80. The Morgan fingerprint density at radius 3 is 2.47 bits per heavy atom. The van der Waals surface area contributed by atoms with Gasteiger partial charge in [-0.1, -0.05) is 12.2 Å². The lowest BCUT2D eigenvalue weighted by molar-refractivity contribution is 0.138. The third kappa shape index (κ3) is 5.20. The number of allylic oxidation sites excluding steroid dienone is 1. The van der Waals surface area contributed by atoms with E-state index in [1.807, 2.05) is 0 Å². The normalized spacial score (nSPS) is 21.3. The van der Waals surface area contributed by atoms with Crippen LogP contribution in [0.15, 0.2) is 12.2 Å². The van der Waals surface area contributed by atoms with Crippen molar-refractivity contribution >= 4 is 8.32 Å². The molecule has 15 heavy (non-hydrogen) atoms. The molecule has 1 saturated carbocycles. The molecule has 2 heteroatoms. The van der Waals surface area contributed by atoms with E-state index in [0.717, 1.165) is 5.92 Å². The van der Waals surface area contributed by atoms with Crippen LogP contribution >= 0.6 is 0 Å². The van der Waals surface area contributed by atoms with Gasteiger partial charge in [0, 0.05) is 6.42 Å². The van der Waals surface area contributed by atoms with Crippen molar-refractivity contribution in [2.24, 2.45) is 5.92 Å². The molecule has 0 aromatic carbocycles. The highest BCUT2D eigenvalue weighted by Crippen LogP contribution is 2.32. The number of hydrogen-bond donors (Lipinski definition) is 0. The summed E-state index contributed by atoms with van der Waals surface area (Å²) in [4.78, 5) is 0. The Morgan fingerprint density at radius 2 is 2.07 bits per heavy atom. The van der Waals surface area contributed by atoms with Gasteiger partial charge in [0.15, 0.2) is 8.32 Å². The molecule has 1 aliphatic rings. The second-order valence-corrected chi connectivity index (χ2v) is 10.0. The van der Waals surface area contributed by atoms with Gasteiger partial charge in [0.25, 0.3) is 0 Å². The van der Waals surface area contributed by atoms with E-state index in [9.17, 15) is 0 Å². The van der Waals surface area contributed by atoms with Gasteiger partial charge in [-0.15, -0.1) is 12.3 Å². The minimum Gasteiger partial charge on any atom is -0.408 e. The van der Waals surface area contributed by atoms with Crippen molar-refractivity contribution in [3.05, 3.63) is 12.2 Å². The van der Waals surface area contributed by atoms with Crippen LogP contribution in [0.5, 0.6) is 0 Å². The van der Waals surface area contributed by atoms with E-state index in [2.05, 4.69) is 44.6 Å². The summed E-state index contributed by atoms with van der Waals surface area (Å²) >= 11 is 0. The number of terminal acetylenes is 1. The Labute approximate surface area is 95.0 Å². The van der Waals surface area contributed by atoms with Crippen molar-refractivity contribution in [2.75, 3.05) is 0 Å². The monoisotopic (exact) mass is 222 g/mol. The van der Waals surface area contributed by atoms with E-state index in [0.29, 0.717) is 6.42 Å². The summed E-state index contributed by atoms with van der Waals surface area (Å²) in [5, 5.41) is 0. The molecule has 1 aliphatic carbocycles. The van der Waals surface area contributed by atoms with Gasteiger partial charge in [-0.25, -0.2) is 0 Å². The fourth-order valence-corrected chi connectivity index (χ4v) is 3.20. The molecule has 0 unspecified atom stereocenters. The highest BCUT2D eigenvalue weighted by atomic mass is 28.4. The molecule has 84 valence electrons. The smallest absolute Gasteiger partial charge is 0.184 e. The van der Waals surface area contributed by atoms with Crippen molar-refractivity contribution < 1.29 is 4.43 Å². The standard InChI is InChI=1S/C13H22OSi/c1-6-10-13(2,14-15(3,4)5)11-9-12-7-8-12/h1,9,11-12H,7-8,10H2,2-5H3/b11-9+/t13-/m0/s1. The van der Waals surface area contributed by atoms with Crippen LogP contribution in [0.1, 0.15) is 26.2 Å². The summed E-state index contributed by atoms with van der Waals surface area (Å²) in [6, 6.07) is 0. The Bertz CT molecular complexity index is 278. The lowest BCUT2D eigenvalue weighted by Gasteiger charge is -2.32. The van der Waals surface area contributed by atoms with Gasteiger partial charge in [0.2, 0.25) is 0 Å². The van der Waals surface area contributed by atoms with Gasteiger partial charge in [0.05, 0.1) is 5.60 Å². The molecule has 1 fully saturated rings. The summed E-state index contributed by atoms with van der Waals surface area (Å²) in [6.07, 6.45) is 13.2. The fraction of sp³-hybridized carbons (Fsp3) is 0.692. The van der Waals surface area contributed by atoms with E-state index < -0.39 is 8.32 Å². The van der Waals surface area contributed by atoms with Crippen molar-refractivity contribution in [3.8, 4) is 12.3 Å². The topological polar surface area (TPSA) is 9.23 Å². The average Bonchev–Trinajstić information content (AvgIpc) is 2.80. The highest BCUT2D eigenvalue weighted by molar-refractivity contribution is 6.69. The van der Waals surface area contributed by atoms with Crippen LogP contribution in [0.3, 0.4) is 0 Å². The molecule has 0 amide bonds. The summed E-state index contributed by atoms with van der Waals surface area (Å²) in [7, 11) is -1.53. The summed E-state index contributed by atoms with van der Waals surface area (Å²) in [5.41, 5.74) is -0.248. The fourth-order valence-electron chi connectivity index (χ4n) is 1.66. The first kappa shape index (κ1) is 12.5. The highest BCUT2D eigenvalue weighted by Gasteiger charge is 2.29. The molecule has 0 aliphatic heterocycles. The van der Waals surface area contributed by atoms with Crippen molar-refractivity contribution in [1.82, 2.24) is 0 Å². The minimum absolute atomic E-state index is 0.248. The van der Waals surface area contributed by atoms with E-state index in [1.165, 1.54) is 12.8 Å². The maximum absolute atomic E-state index is 6.15. The first-order valence-electron chi connectivity index (χ1n) is 5.68. The third-order valence-electron chi connectivity index (χ3n) is 2.34. The SMILES string of the molecule is C#CC[C@@](C)(/C=C/C1CC1)O[Si](C)(C)C. The summed E-state index contributed by atoms with van der Waals surface area (Å²) in [5.74, 6) is 3.51. The van der Waals surface area contributed by atoms with Crippen molar-refractivity contribution in [3.63, 3.8) is 0 Å². The van der Waals surface area contributed by atoms with Gasteiger partial charge >= 0.3 is 0 Å². The van der Waals surface area contributed by atoms with E-state index >= 15 is 0 Å². The zero-order valence-corrected chi connectivity index (χ0v) is 11.3. The van der Waals surface area contributed by atoms with Gasteiger partial charge < -0.3 is 4.43 Å². The van der Waals surface area contributed by atoms with Crippen molar-refractivity contribution in [2.45, 2.75) is 51.4 Å². The molecule has 0 bridgehead atoms. The Morgan fingerprint density at radius 1 is 1.47 bits per heavy atom. The van der Waals surface area contributed by atoms with Crippen LogP contribution in [-0.2, 0) is 4.43 Å². The Balaban J connectivity index is 2.63.